The molecule has 1 amide bonds. The molecule has 1 N–H and O–H groups in total. The molecule has 2 aromatic rings. The first kappa shape index (κ1) is 16.2. The average molecular weight is 297 g/mol. The first-order chi connectivity index (χ1) is 10.6. The van der Waals surface area contributed by atoms with E-state index in [4.69, 9.17) is 0 Å². The van der Waals surface area contributed by atoms with Crippen LogP contribution in [0.4, 0.5) is 5.69 Å². The molecule has 0 aliphatic carbocycles. The molecule has 1 unspecified atom stereocenters. The van der Waals surface area contributed by atoms with Gasteiger partial charge in [0.15, 0.2) is 0 Å². The monoisotopic (exact) mass is 297 g/mol. The molecule has 2 rings (SSSR count). The molecule has 0 aliphatic heterocycles. The van der Waals surface area contributed by atoms with E-state index in [-0.39, 0.29) is 5.91 Å². The normalized spacial score (nSPS) is 12.2. The molecule has 116 valence electrons. The van der Waals surface area contributed by atoms with Crippen LogP contribution in [0, 0.1) is 0 Å². The lowest BCUT2D eigenvalue weighted by atomic mass is 10.0. The summed E-state index contributed by atoms with van der Waals surface area (Å²) in [6.45, 7) is 4.56. The highest BCUT2D eigenvalue weighted by Crippen LogP contribution is 2.24. The fraction of sp³-hybridized carbons (Fsp3) is 0.333. The van der Waals surface area contributed by atoms with Crippen LogP contribution >= 0.6 is 0 Å². The Labute approximate surface area is 132 Å². The molecule has 0 saturated heterocycles. The second-order valence-electron chi connectivity index (χ2n) is 5.50. The standard InChI is InChI=1S/C18H23N3O/c1-4-18(16-6-5-11-19-12-16)21(3)13-15-7-9-17(10-8-15)20-14(2)22/h5-12,18H,4,13H2,1-3H3,(H,20,22). The Morgan fingerprint density at radius 1 is 1.27 bits per heavy atom. The molecule has 4 nitrogen and oxygen atoms in total. The van der Waals surface area contributed by atoms with Crippen LogP contribution in [0.1, 0.15) is 37.4 Å². The van der Waals surface area contributed by atoms with Gasteiger partial charge in [0.2, 0.25) is 5.91 Å². The molecular weight excluding hydrogens is 274 g/mol. The van der Waals surface area contributed by atoms with E-state index in [0.717, 1.165) is 18.7 Å². The summed E-state index contributed by atoms with van der Waals surface area (Å²) in [4.78, 5) is 17.6. The van der Waals surface area contributed by atoms with Crippen molar-refractivity contribution in [1.82, 2.24) is 9.88 Å². The molecule has 1 heterocycles. The molecule has 0 bridgehead atoms. The van der Waals surface area contributed by atoms with Crippen molar-refractivity contribution < 1.29 is 4.79 Å². The third-order valence-corrected chi connectivity index (χ3v) is 3.69. The number of amides is 1. The zero-order valence-corrected chi connectivity index (χ0v) is 13.4. The van der Waals surface area contributed by atoms with Gasteiger partial charge in [-0.3, -0.25) is 14.7 Å². The van der Waals surface area contributed by atoms with Crippen molar-refractivity contribution in [3.05, 3.63) is 59.9 Å². The summed E-state index contributed by atoms with van der Waals surface area (Å²) >= 11 is 0. The van der Waals surface area contributed by atoms with Crippen molar-refractivity contribution in [3.8, 4) is 0 Å². The molecule has 0 spiro atoms. The van der Waals surface area contributed by atoms with Gasteiger partial charge in [-0.25, -0.2) is 0 Å². The maximum Gasteiger partial charge on any atom is 0.221 e. The smallest absolute Gasteiger partial charge is 0.221 e. The van der Waals surface area contributed by atoms with E-state index in [1.165, 1.54) is 18.1 Å². The van der Waals surface area contributed by atoms with Gasteiger partial charge in [0.1, 0.15) is 0 Å². The lowest BCUT2D eigenvalue weighted by Crippen LogP contribution is -2.23. The van der Waals surface area contributed by atoms with Gasteiger partial charge >= 0.3 is 0 Å². The fourth-order valence-electron chi connectivity index (χ4n) is 2.67. The molecule has 22 heavy (non-hydrogen) atoms. The zero-order chi connectivity index (χ0) is 15.9. The summed E-state index contributed by atoms with van der Waals surface area (Å²) in [6, 6.07) is 12.4. The van der Waals surface area contributed by atoms with Crippen molar-refractivity contribution in [3.63, 3.8) is 0 Å². The van der Waals surface area contributed by atoms with Crippen LogP contribution in [-0.2, 0) is 11.3 Å². The van der Waals surface area contributed by atoms with Crippen LogP contribution in [0.15, 0.2) is 48.8 Å². The van der Waals surface area contributed by atoms with Gasteiger partial charge in [0.05, 0.1) is 0 Å². The summed E-state index contributed by atoms with van der Waals surface area (Å²) < 4.78 is 0. The SMILES string of the molecule is CCC(c1cccnc1)N(C)Cc1ccc(NC(C)=O)cc1. The molecule has 0 fully saturated rings. The Balaban J connectivity index is 2.04. The average Bonchev–Trinajstić information content (AvgIpc) is 2.50. The van der Waals surface area contributed by atoms with Gasteiger partial charge in [-0.2, -0.15) is 0 Å². The Morgan fingerprint density at radius 3 is 2.55 bits per heavy atom. The number of nitrogens with zero attached hydrogens (tertiary/aromatic N) is 2. The highest BCUT2D eigenvalue weighted by Gasteiger charge is 2.15. The summed E-state index contributed by atoms with van der Waals surface area (Å²) in [7, 11) is 2.13. The third kappa shape index (κ3) is 4.40. The van der Waals surface area contributed by atoms with E-state index in [0.29, 0.717) is 6.04 Å². The van der Waals surface area contributed by atoms with Gasteiger partial charge in [-0.15, -0.1) is 0 Å². The second-order valence-corrected chi connectivity index (χ2v) is 5.50. The van der Waals surface area contributed by atoms with Crippen molar-refractivity contribution >= 4 is 11.6 Å². The van der Waals surface area contributed by atoms with Gasteiger partial charge < -0.3 is 5.32 Å². The zero-order valence-electron chi connectivity index (χ0n) is 13.4. The van der Waals surface area contributed by atoms with Crippen LogP contribution in [0.3, 0.4) is 0 Å². The Hall–Kier alpha value is -2.20. The summed E-state index contributed by atoms with van der Waals surface area (Å²) in [5.41, 5.74) is 3.29. The fourth-order valence-corrected chi connectivity index (χ4v) is 2.67. The Kier molecular flexibility index (Phi) is 5.67. The van der Waals surface area contributed by atoms with E-state index >= 15 is 0 Å². The second kappa shape index (κ2) is 7.71. The van der Waals surface area contributed by atoms with E-state index in [2.05, 4.69) is 47.4 Å². The molecule has 0 radical (unpaired) electrons. The highest BCUT2D eigenvalue weighted by atomic mass is 16.1. The lowest BCUT2D eigenvalue weighted by Gasteiger charge is -2.27. The quantitative estimate of drug-likeness (QED) is 0.885. The molecule has 1 aromatic heterocycles. The maximum absolute atomic E-state index is 11.0. The number of anilines is 1. The first-order valence-corrected chi connectivity index (χ1v) is 7.57. The maximum atomic E-state index is 11.0. The topological polar surface area (TPSA) is 45.2 Å². The van der Waals surface area contributed by atoms with Crippen molar-refractivity contribution in [1.29, 1.82) is 0 Å². The first-order valence-electron chi connectivity index (χ1n) is 7.57. The number of hydrogen-bond acceptors (Lipinski definition) is 3. The van der Waals surface area contributed by atoms with Crippen LogP contribution in [0.5, 0.6) is 0 Å². The van der Waals surface area contributed by atoms with Gasteiger partial charge in [0.25, 0.3) is 0 Å². The predicted octanol–water partition coefficient (Wildman–Crippen LogP) is 3.62. The van der Waals surface area contributed by atoms with Crippen LogP contribution < -0.4 is 5.32 Å². The number of benzene rings is 1. The Morgan fingerprint density at radius 2 is 2.00 bits per heavy atom. The molecule has 0 saturated carbocycles. The van der Waals surface area contributed by atoms with E-state index in [1.54, 1.807) is 6.20 Å². The van der Waals surface area contributed by atoms with Gasteiger partial charge in [-0.1, -0.05) is 25.1 Å². The molecule has 4 heteroatoms. The summed E-state index contributed by atoms with van der Waals surface area (Å²) in [6.07, 6.45) is 4.77. The number of aromatic nitrogens is 1. The number of pyridine rings is 1. The van der Waals surface area contributed by atoms with E-state index in [9.17, 15) is 4.79 Å². The number of carbonyl (C=O) groups excluding carboxylic acids is 1. The number of carbonyl (C=O) groups is 1. The van der Waals surface area contributed by atoms with Crippen molar-refractivity contribution in [2.75, 3.05) is 12.4 Å². The summed E-state index contributed by atoms with van der Waals surface area (Å²) in [5.74, 6) is -0.0486. The highest BCUT2D eigenvalue weighted by molar-refractivity contribution is 5.88. The van der Waals surface area contributed by atoms with Gasteiger partial charge in [0, 0.05) is 37.6 Å². The van der Waals surface area contributed by atoms with Crippen molar-refractivity contribution in [2.45, 2.75) is 32.9 Å². The number of rotatable bonds is 6. The van der Waals surface area contributed by atoms with Crippen LogP contribution in [-0.4, -0.2) is 22.8 Å². The largest absolute Gasteiger partial charge is 0.326 e. The minimum absolute atomic E-state index is 0.0486. The third-order valence-electron chi connectivity index (χ3n) is 3.69. The Bertz CT molecular complexity index is 595. The molecule has 1 atom stereocenters. The predicted molar refractivity (Wildman–Crippen MR) is 89.5 cm³/mol. The van der Waals surface area contributed by atoms with Crippen LogP contribution in [0.25, 0.3) is 0 Å². The minimum Gasteiger partial charge on any atom is -0.326 e. The van der Waals surface area contributed by atoms with Gasteiger partial charge in [-0.05, 0) is 42.8 Å². The number of nitrogens with one attached hydrogen (secondary N) is 1. The lowest BCUT2D eigenvalue weighted by molar-refractivity contribution is -0.114. The molecular formula is C18H23N3O. The summed E-state index contributed by atoms with van der Waals surface area (Å²) in [5, 5.41) is 2.78. The molecule has 1 aromatic carbocycles. The molecule has 0 aliphatic rings. The van der Waals surface area contributed by atoms with Crippen molar-refractivity contribution in [2.24, 2.45) is 0 Å². The van der Waals surface area contributed by atoms with E-state index in [1.807, 2.05) is 24.4 Å². The number of hydrogen-bond donors (Lipinski definition) is 1. The van der Waals surface area contributed by atoms with E-state index < -0.39 is 0 Å². The minimum atomic E-state index is -0.0486. The van der Waals surface area contributed by atoms with Crippen LogP contribution in [0.2, 0.25) is 0 Å².